The molecule has 3 heterocycles. The Morgan fingerprint density at radius 2 is 1.91 bits per heavy atom. The van der Waals surface area contributed by atoms with Crippen molar-refractivity contribution in [2.24, 2.45) is 0 Å². The first kappa shape index (κ1) is 22.5. The van der Waals surface area contributed by atoms with Crippen LogP contribution in [0.4, 0.5) is 11.6 Å². The number of aromatic nitrogens is 2. The fourth-order valence-corrected chi connectivity index (χ4v) is 4.14. The second-order valence-electron chi connectivity index (χ2n) is 8.49. The summed E-state index contributed by atoms with van der Waals surface area (Å²) in [6.45, 7) is 8.34. The number of morpholine rings is 1. The minimum atomic E-state index is 0.157. The quantitative estimate of drug-likeness (QED) is 0.628. The molecule has 0 unspecified atom stereocenters. The third-order valence-electron chi connectivity index (χ3n) is 5.93. The minimum absolute atomic E-state index is 0.157. The number of anilines is 2. The standard InChI is InChI=1S/C24H33N5O3/c1-2-3-11-32-24-26-22(25)21-15-20(30)7-8-29(23(21)27-24)17-19-6-4-5-18(14-19)16-28-9-12-31-13-10-28/h4-6,14H,2-3,7-13,15-17H2,1H3,(H2,25,26,27). The van der Waals surface area contributed by atoms with Gasteiger partial charge in [-0.2, -0.15) is 9.97 Å². The summed E-state index contributed by atoms with van der Waals surface area (Å²) >= 11 is 0. The van der Waals surface area contributed by atoms with E-state index < -0.39 is 0 Å². The van der Waals surface area contributed by atoms with Crippen molar-refractivity contribution in [3.63, 3.8) is 0 Å². The first-order valence-electron chi connectivity index (χ1n) is 11.6. The fraction of sp³-hybridized carbons (Fsp3) is 0.542. The molecule has 4 rings (SSSR count). The summed E-state index contributed by atoms with van der Waals surface area (Å²) in [5.74, 6) is 1.21. The molecule has 0 bridgehead atoms. The molecule has 2 aliphatic heterocycles. The molecular weight excluding hydrogens is 406 g/mol. The van der Waals surface area contributed by atoms with Crippen LogP contribution >= 0.6 is 0 Å². The zero-order valence-corrected chi connectivity index (χ0v) is 18.9. The van der Waals surface area contributed by atoms with Crippen LogP contribution in [0, 0.1) is 0 Å². The molecule has 1 fully saturated rings. The van der Waals surface area contributed by atoms with Gasteiger partial charge in [-0.1, -0.05) is 37.6 Å². The number of ether oxygens (including phenoxy) is 2. The summed E-state index contributed by atoms with van der Waals surface area (Å²) in [7, 11) is 0. The third kappa shape index (κ3) is 5.75. The smallest absolute Gasteiger partial charge is 0.320 e. The lowest BCUT2D eigenvalue weighted by atomic mass is 10.1. The van der Waals surface area contributed by atoms with Gasteiger partial charge in [0.05, 0.1) is 19.8 Å². The van der Waals surface area contributed by atoms with E-state index in [0.717, 1.165) is 45.7 Å². The lowest BCUT2D eigenvalue weighted by Gasteiger charge is -2.27. The summed E-state index contributed by atoms with van der Waals surface area (Å²) in [6, 6.07) is 8.92. The number of hydrogen-bond donors (Lipinski definition) is 1. The summed E-state index contributed by atoms with van der Waals surface area (Å²) in [4.78, 5) is 25.9. The van der Waals surface area contributed by atoms with E-state index in [1.807, 2.05) is 0 Å². The van der Waals surface area contributed by atoms with Crippen LogP contribution in [0.5, 0.6) is 6.01 Å². The molecule has 0 spiro atoms. The van der Waals surface area contributed by atoms with Gasteiger partial charge < -0.3 is 20.1 Å². The van der Waals surface area contributed by atoms with Gasteiger partial charge in [-0.25, -0.2) is 0 Å². The molecule has 0 radical (unpaired) electrons. The van der Waals surface area contributed by atoms with Gasteiger partial charge in [-0.15, -0.1) is 0 Å². The zero-order chi connectivity index (χ0) is 22.3. The van der Waals surface area contributed by atoms with E-state index in [1.165, 1.54) is 11.1 Å². The van der Waals surface area contributed by atoms with E-state index in [4.69, 9.17) is 15.2 Å². The Hall–Kier alpha value is -2.71. The van der Waals surface area contributed by atoms with Crippen molar-refractivity contribution in [2.45, 2.75) is 45.7 Å². The van der Waals surface area contributed by atoms with Crippen LogP contribution in [0.1, 0.15) is 42.9 Å². The van der Waals surface area contributed by atoms with Crippen molar-refractivity contribution in [3.05, 3.63) is 41.0 Å². The number of nitrogen functional groups attached to an aromatic ring is 1. The number of Topliss-reactive ketones (excluding diaryl/α,β-unsaturated/α-hetero) is 1. The summed E-state index contributed by atoms with van der Waals surface area (Å²) in [6.07, 6.45) is 2.69. The Kier molecular flexibility index (Phi) is 7.55. The number of nitrogens with zero attached hydrogens (tertiary/aromatic N) is 4. The van der Waals surface area contributed by atoms with Crippen LogP contribution in [-0.2, 0) is 29.0 Å². The Balaban J connectivity index is 1.54. The van der Waals surface area contributed by atoms with Gasteiger partial charge in [-0.05, 0) is 17.5 Å². The number of carbonyl (C=O) groups excluding carboxylic acids is 1. The number of unbranched alkanes of at least 4 members (excludes halogenated alkanes) is 1. The van der Waals surface area contributed by atoms with Crippen molar-refractivity contribution in [3.8, 4) is 6.01 Å². The molecule has 2 N–H and O–H groups in total. The van der Waals surface area contributed by atoms with E-state index >= 15 is 0 Å². The molecule has 8 heteroatoms. The van der Waals surface area contributed by atoms with Gasteiger partial charge in [0.2, 0.25) is 0 Å². The van der Waals surface area contributed by atoms with Crippen LogP contribution < -0.4 is 15.4 Å². The topological polar surface area (TPSA) is 93.8 Å². The number of nitrogens with two attached hydrogens (primary N) is 1. The zero-order valence-electron chi connectivity index (χ0n) is 18.9. The molecule has 0 atom stereocenters. The largest absolute Gasteiger partial charge is 0.463 e. The van der Waals surface area contributed by atoms with Crippen LogP contribution in [0.3, 0.4) is 0 Å². The molecule has 8 nitrogen and oxygen atoms in total. The predicted molar refractivity (Wildman–Crippen MR) is 124 cm³/mol. The lowest BCUT2D eigenvalue weighted by molar-refractivity contribution is -0.118. The van der Waals surface area contributed by atoms with Crippen molar-refractivity contribution in [1.82, 2.24) is 14.9 Å². The van der Waals surface area contributed by atoms with Crippen LogP contribution in [0.2, 0.25) is 0 Å². The molecule has 1 aromatic carbocycles. The monoisotopic (exact) mass is 439 g/mol. The molecule has 172 valence electrons. The maximum atomic E-state index is 12.4. The maximum absolute atomic E-state index is 12.4. The van der Waals surface area contributed by atoms with Gasteiger partial charge in [0.1, 0.15) is 17.4 Å². The van der Waals surface area contributed by atoms with Gasteiger partial charge in [0, 0.05) is 51.1 Å². The highest BCUT2D eigenvalue weighted by Crippen LogP contribution is 2.30. The summed E-state index contributed by atoms with van der Waals surface area (Å²) < 4.78 is 11.2. The Bertz CT molecular complexity index is 930. The van der Waals surface area contributed by atoms with E-state index in [-0.39, 0.29) is 18.2 Å². The van der Waals surface area contributed by atoms with Crippen LogP contribution in [0.25, 0.3) is 0 Å². The highest BCUT2D eigenvalue weighted by atomic mass is 16.5. The lowest BCUT2D eigenvalue weighted by Crippen LogP contribution is -2.35. The highest BCUT2D eigenvalue weighted by Gasteiger charge is 2.25. The van der Waals surface area contributed by atoms with Crippen molar-refractivity contribution >= 4 is 17.4 Å². The SMILES string of the molecule is CCCCOc1nc(N)c2c(n1)N(Cc1cccc(CN3CCOCC3)c1)CCC(=O)C2. The Morgan fingerprint density at radius 1 is 1.12 bits per heavy atom. The van der Waals surface area contributed by atoms with Gasteiger partial charge in [0.15, 0.2) is 0 Å². The maximum Gasteiger partial charge on any atom is 0.320 e. The van der Waals surface area contributed by atoms with E-state index in [1.54, 1.807) is 0 Å². The molecule has 0 saturated carbocycles. The number of ketones is 1. The van der Waals surface area contributed by atoms with Gasteiger partial charge >= 0.3 is 6.01 Å². The average Bonchev–Trinajstić information content (AvgIpc) is 2.94. The number of rotatable bonds is 8. The Morgan fingerprint density at radius 3 is 2.69 bits per heavy atom. The van der Waals surface area contributed by atoms with E-state index in [2.05, 4.69) is 51.0 Å². The van der Waals surface area contributed by atoms with Gasteiger partial charge in [0.25, 0.3) is 0 Å². The van der Waals surface area contributed by atoms with Crippen LogP contribution in [0.15, 0.2) is 24.3 Å². The fourth-order valence-electron chi connectivity index (χ4n) is 4.14. The molecule has 0 aliphatic carbocycles. The second kappa shape index (κ2) is 10.7. The number of carbonyl (C=O) groups is 1. The van der Waals surface area contributed by atoms with E-state index in [0.29, 0.717) is 43.3 Å². The molecule has 0 amide bonds. The second-order valence-corrected chi connectivity index (χ2v) is 8.49. The highest BCUT2D eigenvalue weighted by molar-refractivity contribution is 5.85. The molecule has 32 heavy (non-hydrogen) atoms. The number of fused-ring (bicyclic) bond motifs is 1. The average molecular weight is 440 g/mol. The minimum Gasteiger partial charge on any atom is -0.463 e. The first-order valence-corrected chi connectivity index (χ1v) is 11.6. The predicted octanol–water partition coefficient (Wildman–Crippen LogP) is 2.59. The van der Waals surface area contributed by atoms with Crippen molar-refractivity contribution in [2.75, 3.05) is 50.1 Å². The van der Waals surface area contributed by atoms with Gasteiger partial charge in [-0.3, -0.25) is 9.69 Å². The molecule has 2 aliphatic rings. The third-order valence-corrected chi connectivity index (χ3v) is 5.93. The molecule has 2 aromatic rings. The Labute approximate surface area is 189 Å². The first-order chi connectivity index (χ1) is 15.6. The van der Waals surface area contributed by atoms with E-state index in [9.17, 15) is 4.79 Å². The number of benzene rings is 1. The molecule has 1 aromatic heterocycles. The summed E-state index contributed by atoms with van der Waals surface area (Å²) in [5.41, 5.74) is 9.41. The van der Waals surface area contributed by atoms with Crippen LogP contribution in [-0.4, -0.2) is 60.1 Å². The van der Waals surface area contributed by atoms with Crippen molar-refractivity contribution in [1.29, 1.82) is 0 Å². The molecular formula is C24H33N5O3. The normalized spacial score (nSPS) is 17.2. The molecule has 1 saturated heterocycles. The number of hydrogen-bond acceptors (Lipinski definition) is 8. The van der Waals surface area contributed by atoms with Crippen molar-refractivity contribution < 1.29 is 14.3 Å². The summed E-state index contributed by atoms with van der Waals surface area (Å²) in [5, 5.41) is 0.